The van der Waals surface area contributed by atoms with Crippen molar-refractivity contribution in [1.82, 2.24) is 34.9 Å². The first kappa shape index (κ1) is 20.3. The highest BCUT2D eigenvalue weighted by atomic mass is 31.2. The Morgan fingerprint density at radius 3 is 2.62 bits per heavy atom. The van der Waals surface area contributed by atoms with Crippen LogP contribution >= 0.6 is 7.14 Å². The topological polar surface area (TPSA) is 99.3 Å². The van der Waals surface area contributed by atoms with Gasteiger partial charge in [-0.25, -0.2) is 23.4 Å². The van der Waals surface area contributed by atoms with Gasteiger partial charge in [0.2, 0.25) is 5.65 Å². The van der Waals surface area contributed by atoms with E-state index in [-0.39, 0.29) is 16.7 Å². The Bertz CT molecular complexity index is 1550. The molecule has 11 heteroatoms. The van der Waals surface area contributed by atoms with Crippen molar-refractivity contribution in [2.45, 2.75) is 6.54 Å². The van der Waals surface area contributed by atoms with Gasteiger partial charge in [0, 0.05) is 17.6 Å². The van der Waals surface area contributed by atoms with E-state index in [9.17, 15) is 13.3 Å². The molecule has 160 valence electrons. The molecule has 0 atom stereocenters. The summed E-state index contributed by atoms with van der Waals surface area (Å²) >= 11 is 0. The Kier molecular flexibility index (Phi) is 4.74. The zero-order chi connectivity index (χ0) is 22.5. The van der Waals surface area contributed by atoms with Gasteiger partial charge in [-0.15, -0.1) is 5.10 Å². The third-order valence-electron chi connectivity index (χ3n) is 4.94. The highest BCUT2D eigenvalue weighted by Gasteiger charge is 2.18. The second-order valence-electron chi connectivity index (χ2n) is 7.70. The maximum atomic E-state index is 14.7. The number of halogens is 2. The first-order valence-corrected chi connectivity index (χ1v) is 12.2. The molecule has 0 bridgehead atoms. The average molecular weight is 451 g/mol. The minimum Gasteiger partial charge on any atom is -0.318 e. The Hall–Kier alpha value is -3.65. The summed E-state index contributed by atoms with van der Waals surface area (Å²) in [6.07, 6.45) is 3.87. The summed E-state index contributed by atoms with van der Waals surface area (Å²) in [4.78, 5) is 16.9. The van der Waals surface area contributed by atoms with Gasteiger partial charge >= 0.3 is 0 Å². The summed E-state index contributed by atoms with van der Waals surface area (Å²) in [6, 6.07) is 8.04. The lowest BCUT2D eigenvalue weighted by Crippen LogP contribution is -2.10. The first-order valence-electron chi connectivity index (χ1n) is 9.60. The molecule has 0 unspecified atom stereocenters. The van der Waals surface area contributed by atoms with Gasteiger partial charge in [0.05, 0.1) is 35.7 Å². The molecule has 32 heavy (non-hydrogen) atoms. The molecule has 0 saturated heterocycles. The van der Waals surface area contributed by atoms with Crippen LogP contribution in [-0.4, -0.2) is 48.3 Å². The Morgan fingerprint density at radius 2 is 1.84 bits per heavy atom. The van der Waals surface area contributed by atoms with Crippen molar-refractivity contribution in [3.05, 3.63) is 66.1 Å². The second-order valence-corrected chi connectivity index (χ2v) is 10.9. The lowest BCUT2D eigenvalue weighted by molar-refractivity contribution is 0.587. The molecule has 0 radical (unpaired) electrons. The SMILES string of the molecule is CP(C)(=O)c1cc(F)c(-c2cnc3nnn(Cc4ccc5ncc(F)cc5c4)c3n2)cn1. The van der Waals surface area contributed by atoms with Crippen LogP contribution < -0.4 is 5.44 Å². The summed E-state index contributed by atoms with van der Waals surface area (Å²) in [5.41, 5.74) is 2.78. The lowest BCUT2D eigenvalue weighted by atomic mass is 10.1. The van der Waals surface area contributed by atoms with E-state index in [0.29, 0.717) is 28.7 Å². The van der Waals surface area contributed by atoms with Crippen LogP contribution in [0.2, 0.25) is 0 Å². The quantitative estimate of drug-likeness (QED) is 0.386. The van der Waals surface area contributed by atoms with Crippen LogP contribution in [0.4, 0.5) is 8.78 Å². The van der Waals surface area contributed by atoms with Crippen molar-refractivity contribution in [3.8, 4) is 11.3 Å². The number of hydrogen-bond donors (Lipinski definition) is 0. The number of aromatic nitrogens is 7. The largest absolute Gasteiger partial charge is 0.318 e. The van der Waals surface area contributed by atoms with E-state index >= 15 is 0 Å². The van der Waals surface area contributed by atoms with Crippen LogP contribution in [0.5, 0.6) is 0 Å². The standard InChI is InChI=1S/C21H16F2N7OP/c1-32(2,31)19-7-16(23)15(9-25-19)18-10-26-20-21(27-18)30(29-28-20)11-12-3-4-17-13(5-12)6-14(22)8-24-17/h3-10H,11H2,1-2H3. The van der Waals surface area contributed by atoms with Crippen LogP contribution in [0.3, 0.4) is 0 Å². The molecule has 0 saturated carbocycles. The molecule has 0 fully saturated rings. The Balaban J connectivity index is 1.53. The predicted octanol–water partition coefficient (Wildman–Crippen LogP) is 3.41. The van der Waals surface area contributed by atoms with Crippen molar-refractivity contribution in [2.75, 3.05) is 13.3 Å². The molecule has 0 aliphatic rings. The van der Waals surface area contributed by atoms with E-state index in [2.05, 4.69) is 30.2 Å². The molecule has 8 nitrogen and oxygen atoms in total. The minimum absolute atomic E-state index is 0.136. The number of benzene rings is 1. The molecule has 0 aliphatic heterocycles. The highest BCUT2D eigenvalue weighted by molar-refractivity contribution is 7.69. The average Bonchev–Trinajstić information content (AvgIpc) is 3.14. The predicted molar refractivity (Wildman–Crippen MR) is 116 cm³/mol. The molecule has 5 rings (SSSR count). The summed E-state index contributed by atoms with van der Waals surface area (Å²) in [5.74, 6) is -1.00. The van der Waals surface area contributed by atoms with Crippen molar-refractivity contribution >= 4 is 34.8 Å². The zero-order valence-corrected chi connectivity index (χ0v) is 18.0. The number of pyridine rings is 2. The Morgan fingerprint density at radius 1 is 1.00 bits per heavy atom. The van der Waals surface area contributed by atoms with Crippen LogP contribution in [-0.2, 0) is 11.1 Å². The van der Waals surface area contributed by atoms with E-state index in [1.165, 1.54) is 48.7 Å². The van der Waals surface area contributed by atoms with Gasteiger partial charge in [0.15, 0.2) is 5.65 Å². The van der Waals surface area contributed by atoms with Gasteiger partial charge in [-0.3, -0.25) is 9.97 Å². The lowest BCUT2D eigenvalue weighted by Gasteiger charge is -2.08. The number of hydrogen-bond acceptors (Lipinski definition) is 7. The number of rotatable bonds is 4. The van der Waals surface area contributed by atoms with Crippen LogP contribution in [0.1, 0.15) is 5.56 Å². The third kappa shape index (κ3) is 3.73. The molecule has 1 aromatic carbocycles. The molecular formula is C21H16F2N7OP. The van der Waals surface area contributed by atoms with E-state index < -0.39 is 18.8 Å². The second kappa shape index (κ2) is 7.49. The molecule has 0 amide bonds. The Labute approximate surface area is 180 Å². The molecule has 0 spiro atoms. The van der Waals surface area contributed by atoms with Gasteiger partial charge in [-0.2, -0.15) is 0 Å². The van der Waals surface area contributed by atoms with Crippen LogP contribution in [0.25, 0.3) is 33.5 Å². The highest BCUT2D eigenvalue weighted by Crippen LogP contribution is 2.34. The fraction of sp³-hybridized carbons (Fsp3) is 0.143. The number of fused-ring (bicyclic) bond motifs is 2. The fourth-order valence-electron chi connectivity index (χ4n) is 3.32. The summed E-state index contributed by atoms with van der Waals surface area (Å²) in [5, 5.41) is 8.78. The molecule has 4 heterocycles. The third-order valence-corrected chi connectivity index (χ3v) is 6.29. The maximum Gasteiger partial charge on any atom is 0.221 e. The molecule has 4 aromatic heterocycles. The summed E-state index contributed by atoms with van der Waals surface area (Å²) in [7, 11) is -2.69. The maximum absolute atomic E-state index is 14.7. The van der Waals surface area contributed by atoms with Crippen LogP contribution in [0, 0.1) is 11.6 Å². The minimum atomic E-state index is -2.69. The van der Waals surface area contributed by atoms with Crippen molar-refractivity contribution in [2.24, 2.45) is 0 Å². The van der Waals surface area contributed by atoms with Gasteiger partial charge in [-0.05, 0) is 37.1 Å². The molecule has 0 aliphatic carbocycles. The van der Waals surface area contributed by atoms with Crippen molar-refractivity contribution < 1.29 is 13.3 Å². The molecule has 0 N–H and O–H groups in total. The van der Waals surface area contributed by atoms with Gasteiger partial charge in [0.25, 0.3) is 0 Å². The van der Waals surface area contributed by atoms with Crippen LogP contribution in [0.15, 0.2) is 48.9 Å². The first-order chi connectivity index (χ1) is 15.3. The fourth-order valence-corrected chi connectivity index (χ4v) is 4.08. The van der Waals surface area contributed by atoms with E-state index in [1.54, 1.807) is 6.07 Å². The van der Waals surface area contributed by atoms with Crippen molar-refractivity contribution in [3.63, 3.8) is 0 Å². The normalized spacial score (nSPS) is 12.0. The van der Waals surface area contributed by atoms with E-state index in [4.69, 9.17) is 0 Å². The van der Waals surface area contributed by atoms with Gasteiger partial charge in [0.1, 0.15) is 24.2 Å². The molecule has 5 aromatic rings. The smallest absolute Gasteiger partial charge is 0.221 e. The van der Waals surface area contributed by atoms with E-state index in [0.717, 1.165) is 5.56 Å². The van der Waals surface area contributed by atoms with Gasteiger partial charge in [-0.1, -0.05) is 11.3 Å². The zero-order valence-electron chi connectivity index (χ0n) is 17.1. The number of nitrogens with zero attached hydrogens (tertiary/aromatic N) is 7. The van der Waals surface area contributed by atoms with Crippen molar-refractivity contribution in [1.29, 1.82) is 0 Å². The van der Waals surface area contributed by atoms with Gasteiger partial charge < -0.3 is 4.57 Å². The summed E-state index contributed by atoms with van der Waals surface area (Å²) < 4.78 is 41.9. The summed E-state index contributed by atoms with van der Waals surface area (Å²) in [6.45, 7) is 3.36. The monoisotopic (exact) mass is 451 g/mol. The van der Waals surface area contributed by atoms with E-state index in [1.807, 2.05) is 12.1 Å². The molecular weight excluding hydrogens is 435 g/mol.